The van der Waals surface area contributed by atoms with E-state index in [4.69, 9.17) is 0 Å². The van der Waals surface area contributed by atoms with Crippen molar-refractivity contribution in [2.24, 2.45) is 0 Å². The fourth-order valence-electron chi connectivity index (χ4n) is 2.03. The molecule has 0 spiro atoms. The summed E-state index contributed by atoms with van der Waals surface area (Å²) in [5.74, 6) is 0. The Labute approximate surface area is 123 Å². The molecule has 0 radical (unpaired) electrons. The molecule has 0 amide bonds. The zero-order chi connectivity index (χ0) is 14.9. The molecule has 0 aliphatic heterocycles. The van der Waals surface area contributed by atoms with Gasteiger partial charge in [-0.05, 0) is 30.2 Å². The van der Waals surface area contributed by atoms with E-state index in [1.807, 2.05) is 13.0 Å². The van der Waals surface area contributed by atoms with Gasteiger partial charge in [0.05, 0.1) is 5.56 Å². The zero-order valence-electron chi connectivity index (χ0n) is 10.6. The van der Waals surface area contributed by atoms with Crippen LogP contribution in [0, 0.1) is 6.92 Å². The smallest absolute Gasteiger partial charge is 0.384 e. The maximum absolute atomic E-state index is 13.0. The SMILES string of the molecule is Cc1ccc(Br)c(C(O)c2ccccc2C(F)(F)F)c1. The molecule has 0 aliphatic rings. The number of benzene rings is 2. The topological polar surface area (TPSA) is 20.2 Å². The number of rotatable bonds is 2. The van der Waals surface area contributed by atoms with Crippen LogP contribution < -0.4 is 0 Å². The Morgan fingerprint density at radius 2 is 1.70 bits per heavy atom. The molecule has 106 valence electrons. The van der Waals surface area contributed by atoms with Gasteiger partial charge < -0.3 is 5.11 Å². The van der Waals surface area contributed by atoms with Crippen LogP contribution in [0.25, 0.3) is 0 Å². The third-order valence-corrected chi connectivity index (χ3v) is 3.73. The number of aliphatic hydroxyl groups excluding tert-OH is 1. The number of alkyl halides is 3. The Hall–Kier alpha value is -1.33. The second-order valence-electron chi connectivity index (χ2n) is 4.51. The van der Waals surface area contributed by atoms with E-state index in [2.05, 4.69) is 15.9 Å². The summed E-state index contributed by atoms with van der Waals surface area (Å²) in [6.07, 6.45) is -5.82. The summed E-state index contributed by atoms with van der Waals surface area (Å²) in [4.78, 5) is 0. The molecular weight excluding hydrogens is 333 g/mol. The third-order valence-electron chi connectivity index (χ3n) is 3.01. The Morgan fingerprint density at radius 1 is 1.05 bits per heavy atom. The number of hydrogen-bond donors (Lipinski definition) is 1. The van der Waals surface area contributed by atoms with Crippen molar-refractivity contribution in [1.82, 2.24) is 0 Å². The van der Waals surface area contributed by atoms with Crippen molar-refractivity contribution in [3.63, 3.8) is 0 Å². The van der Waals surface area contributed by atoms with Crippen molar-refractivity contribution in [2.45, 2.75) is 19.2 Å². The lowest BCUT2D eigenvalue weighted by Crippen LogP contribution is -2.13. The zero-order valence-corrected chi connectivity index (χ0v) is 12.2. The molecule has 0 fully saturated rings. The lowest BCUT2D eigenvalue weighted by Gasteiger charge is -2.19. The average molecular weight is 345 g/mol. The molecule has 0 aromatic heterocycles. The highest BCUT2D eigenvalue weighted by Crippen LogP contribution is 2.38. The summed E-state index contributed by atoms with van der Waals surface area (Å²) in [5, 5.41) is 10.3. The van der Waals surface area contributed by atoms with E-state index in [0.717, 1.165) is 11.6 Å². The van der Waals surface area contributed by atoms with Crippen LogP contribution in [-0.2, 0) is 6.18 Å². The summed E-state index contributed by atoms with van der Waals surface area (Å²) >= 11 is 3.26. The third kappa shape index (κ3) is 3.04. The molecule has 1 unspecified atom stereocenters. The Balaban J connectivity index is 2.54. The average Bonchev–Trinajstić information content (AvgIpc) is 2.40. The minimum Gasteiger partial charge on any atom is -0.384 e. The predicted molar refractivity (Wildman–Crippen MR) is 74.4 cm³/mol. The van der Waals surface area contributed by atoms with Crippen LogP contribution in [0.15, 0.2) is 46.9 Å². The van der Waals surface area contributed by atoms with Gasteiger partial charge in [-0.15, -0.1) is 0 Å². The normalized spacial score (nSPS) is 13.3. The van der Waals surface area contributed by atoms with E-state index < -0.39 is 17.8 Å². The van der Waals surface area contributed by atoms with E-state index in [-0.39, 0.29) is 5.56 Å². The van der Waals surface area contributed by atoms with Crippen molar-refractivity contribution >= 4 is 15.9 Å². The van der Waals surface area contributed by atoms with Crippen molar-refractivity contribution in [1.29, 1.82) is 0 Å². The highest BCUT2D eigenvalue weighted by atomic mass is 79.9. The molecule has 2 aromatic carbocycles. The molecule has 1 N–H and O–H groups in total. The Bertz CT molecular complexity index is 623. The number of aryl methyl sites for hydroxylation is 1. The number of halogens is 4. The van der Waals surface area contributed by atoms with Gasteiger partial charge in [-0.1, -0.05) is 51.8 Å². The van der Waals surface area contributed by atoms with Gasteiger partial charge in [-0.3, -0.25) is 0 Å². The quantitative estimate of drug-likeness (QED) is 0.824. The molecule has 1 atom stereocenters. The van der Waals surface area contributed by atoms with Crippen molar-refractivity contribution in [3.8, 4) is 0 Å². The summed E-state index contributed by atoms with van der Waals surface area (Å²) in [5.41, 5.74) is 0.320. The largest absolute Gasteiger partial charge is 0.416 e. The van der Waals surface area contributed by atoms with Crippen LogP contribution in [0.5, 0.6) is 0 Å². The first kappa shape index (κ1) is 15.1. The van der Waals surface area contributed by atoms with Gasteiger partial charge in [0.1, 0.15) is 6.10 Å². The second kappa shape index (κ2) is 5.58. The highest BCUT2D eigenvalue weighted by molar-refractivity contribution is 9.10. The van der Waals surface area contributed by atoms with Crippen LogP contribution >= 0.6 is 15.9 Å². The Kier molecular flexibility index (Phi) is 4.20. The molecule has 0 saturated carbocycles. The van der Waals surface area contributed by atoms with E-state index >= 15 is 0 Å². The molecule has 1 nitrogen and oxygen atoms in total. The summed E-state index contributed by atoms with van der Waals surface area (Å²) in [6, 6.07) is 10.3. The molecule has 0 aliphatic carbocycles. The monoisotopic (exact) mass is 344 g/mol. The number of aliphatic hydroxyl groups is 1. The van der Waals surface area contributed by atoms with Gasteiger partial charge in [-0.25, -0.2) is 0 Å². The van der Waals surface area contributed by atoms with Crippen molar-refractivity contribution < 1.29 is 18.3 Å². The van der Waals surface area contributed by atoms with Gasteiger partial charge >= 0.3 is 6.18 Å². The van der Waals surface area contributed by atoms with Gasteiger partial charge in [-0.2, -0.15) is 13.2 Å². The minimum atomic E-state index is -4.49. The van der Waals surface area contributed by atoms with Gasteiger partial charge in [0.25, 0.3) is 0 Å². The molecule has 2 rings (SSSR count). The van der Waals surface area contributed by atoms with E-state index in [9.17, 15) is 18.3 Å². The van der Waals surface area contributed by atoms with E-state index in [0.29, 0.717) is 10.0 Å². The Morgan fingerprint density at radius 3 is 2.35 bits per heavy atom. The predicted octanol–water partition coefficient (Wildman–Crippen LogP) is 4.86. The van der Waals surface area contributed by atoms with Crippen LogP contribution in [0.2, 0.25) is 0 Å². The van der Waals surface area contributed by atoms with Crippen LogP contribution in [0.4, 0.5) is 13.2 Å². The van der Waals surface area contributed by atoms with Gasteiger partial charge in [0.15, 0.2) is 0 Å². The molecule has 5 heteroatoms. The molecule has 20 heavy (non-hydrogen) atoms. The lowest BCUT2D eigenvalue weighted by molar-refractivity contribution is -0.139. The summed E-state index contributed by atoms with van der Waals surface area (Å²) in [6.45, 7) is 1.82. The van der Waals surface area contributed by atoms with Crippen LogP contribution in [0.1, 0.15) is 28.4 Å². The van der Waals surface area contributed by atoms with Crippen molar-refractivity contribution in [3.05, 3.63) is 69.2 Å². The summed E-state index contributed by atoms with van der Waals surface area (Å²) in [7, 11) is 0. The number of hydrogen-bond acceptors (Lipinski definition) is 1. The first-order valence-corrected chi connectivity index (χ1v) is 6.70. The highest BCUT2D eigenvalue weighted by Gasteiger charge is 2.35. The molecule has 0 saturated heterocycles. The fourth-order valence-corrected chi connectivity index (χ4v) is 2.50. The van der Waals surface area contributed by atoms with Crippen molar-refractivity contribution in [2.75, 3.05) is 0 Å². The minimum absolute atomic E-state index is 0.147. The van der Waals surface area contributed by atoms with Crippen LogP contribution in [0.3, 0.4) is 0 Å². The first-order valence-electron chi connectivity index (χ1n) is 5.91. The van der Waals surface area contributed by atoms with Gasteiger partial charge in [0, 0.05) is 4.47 Å². The van der Waals surface area contributed by atoms with Crippen LogP contribution in [-0.4, -0.2) is 5.11 Å². The maximum Gasteiger partial charge on any atom is 0.416 e. The van der Waals surface area contributed by atoms with E-state index in [1.54, 1.807) is 12.1 Å². The fraction of sp³-hybridized carbons (Fsp3) is 0.200. The summed E-state index contributed by atoms with van der Waals surface area (Å²) < 4.78 is 39.5. The van der Waals surface area contributed by atoms with E-state index in [1.165, 1.54) is 18.2 Å². The maximum atomic E-state index is 13.0. The second-order valence-corrected chi connectivity index (χ2v) is 5.37. The lowest BCUT2D eigenvalue weighted by atomic mass is 9.95. The molecule has 2 aromatic rings. The standard InChI is InChI=1S/C15H12BrF3O/c1-9-6-7-13(16)11(8-9)14(20)10-4-2-3-5-12(10)15(17,18)19/h2-8,14,20H,1H3. The first-order chi connectivity index (χ1) is 9.30. The molecular formula is C15H12BrF3O. The molecule has 0 heterocycles. The molecule has 0 bridgehead atoms. The van der Waals surface area contributed by atoms with Gasteiger partial charge in [0.2, 0.25) is 0 Å².